The lowest BCUT2D eigenvalue weighted by Crippen LogP contribution is -2.33. The van der Waals surface area contributed by atoms with Gasteiger partial charge in [0.25, 0.3) is 5.91 Å². The molecule has 2 aromatic rings. The van der Waals surface area contributed by atoms with Gasteiger partial charge in [0.2, 0.25) is 0 Å². The van der Waals surface area contributed by atoms with Gasteiger partial charge in [0.15, 0.2) is 0 Å². The second-order valence-electron chi connectivity index (χ2n) is 5.38. The lowest BCUT2D eigenvalue weighted by atomic mass is 10.3. The smallest absolute Gasteiger partial charge is 0.325 e. The van der Waals surface area contributed by atoms with Crippen molar-refractivity contribution in [2.75, 3.05) is 13.6 Å². The number of likely N-dealkylation sites (N-methyl/N-ethyl adjacent to an activating group) is 1. The van der Waals surface area contributed by atoms with E-state index in [4.69, 9.17) is 4.74 Å². The molecule has 0 aliphatic rings. The van der Waals surface area contributed by atoms with Gasteiger partial charge in [-0.1, -0.05) is 0 Å². The van der Waals surface area contributed by atoms with Gasteiger partial charge in [-0.15, -0.1) is 11.3 Å². The Bertz CT molecular complexity index is 698. The topological polar surface area (TPSA) is 72.4 Å². The van der Waals surface area contributed by atoms with Crippen LogP contribution in [0.2, 0.25) is 0 Å². The van der Waals surface area contributed by atoms with E-state index in [2.05, 4.69) is 9.97 Å². The van der Waals surface area contributed by atoms with Crippen molar-refractivity contribution in [2.45, 2.75) is 26.9 Å². The van der Waals surface area contributed by atoms with Gasteiger partial charge in [-0.2, -0.15) is 0 Å². The molecule has 122 valence electrons. The normalized spacial score (nSPS) is 10.7. The van der Waals surface area contributed by atoms with Crippen molar-refractivity contribution in [3.8, 4) is 10.6 Å². The number of ether oxygens (including phenoxy) is 1. The predicted octanol–water partition coefficient (Wildman–Crippen LogP) is 2.54. The Kier molecular flexibility index (Phi) is 5.44. The minimum Gasteiger partial charge on any atom is -0.462 e. The first kappa shape index (κ1) is 17.1. The first-order valence-corrected chi connectivity index (χ1v) is 8.03. The highest BCUT2D eigenvalue weighted by atomic mass is 32.1. The van der Waals surface area contributed by atoms with Gasteiger partial charge >= 0.3 is 5.97 Å². The summed E-state index contributed by atoms with van der Waals surface area (Å²) in [5.41, 5.74) is 1.50. The van der Waals surface area contributed by atoms with Gasteiger partial charge in [-0.3, -0.25) is 14.6 Å². The first-order valence-electron chi connectivity index (χ1n) is 7.21. The number of carbonyl (C=O) groups is 2. The molecule has 0 spiro atoms. The number of pyridine rings is 1. The number of esters is 1. The number of carbonyl (C=O) groups excluding carboxylic acids is 2. The SMILES string of the molecule is Cc1nc(-c2cccnc2)sc1C(=O)N(C)CC(=O)OC(C)C. The summed E-state index contributed by atoms with van der Waals surface area (Å²) in [7, 11) is 1.58. The van der Waals surface area contributed by atoms with E-state index in [9.17, 15) is 9.59 Å². The molecular weight excluding hydrogens is 314 g/mol. The summed E-state index contributed by atoms with van der Waals surface area (Å²) < 4.78 is 5.06. The van der Waals surface area contributed by atoms with Crippen molar-refractivity contribution >= 4 is 23.2 Å². The first-order chi connectivity index (χ1) is 10.9. The summed E-state index contributed by atoms with van der Waals surface area (Å²) in [4.78, 5) is 34.5. The molecule has 0 unspecified atom stereocenters. The number of hydrogen-bond donors (Lipinski definition) is 0. The number of aromatic nitrogens is 2. The Morgan fingerprint density at radius 2 is 2.13 bits per heavy atom. The number of rotatable bonds is 5. The zero-order valence-electron chi connectivity index (χ0n) is 13.6. The van der Waals surface area contributed by atoms with Crippen LogP contribution >= 0.6 is 11.3 Å². The molecule has 1 amide bonds. The molecule has 2 rings (SSSR count). The third-order valence-electron chi connectivity index (χ3n) is 2.98. The lowest BCUT2D eigenvalue weighted by molar-refractivity contribution is -0.147. The van der Waals surface area contributed by atoms with Gasteiger partial charge < -0.3 is 9.64 Å². The van der Waals surface area contributed by atoms with Crippen molar-refractivity contribution in [3.05, 3.63) is 35.1 Å². The maximum Gasteiger partial charge on any atom is 0.325 e. The van der Waals surface area contributed by atoms with Crippen molar-refractivity contribution < 1.29 is 14.3 Å². The van der Waals surface area contributed by atoms with Crippen LogP contribution in [0, 0.1) is 6.92 Å². The zero-order valence-corrected chi connectivity index (χ0v) is 14.4. The minimum absolute atomic E-state index is 0.0867. The molecule has 23 heavy (non-hydrogen) atoms. The van der Waals surface area contributed by atoms with Crippen LogP contribution in [0.3, 0.4) is 0 Å². The van der Waals surface area contributed by atoms with Gasteiger partial charge in [0.1, 0.15) is 16.4 Å². The molecule has 0 saturated carbocycles. The summed E-state index contributed by atoms with van der Waals surface area (Å²) in [6, 6.07) is 3.71. The Morgan fingerprint density at radius 1 is 1.39 bits per heavy atom. The van der Waals surface area contributed by atoms with Crippen LogP contribution in [-0.4, -0.2) is 46.4 Å². The quantitative estimate of drug-likeness (QED) is 0.786. The molecule has 0 fully saturated rings. The fourth-order valence-corrected chi connectivity index (χ4v) is 3.00. The summed E-state index contributed by atoms with van der Waals surface area (Å²) in [6.45, 7) is 5.24. The number of aryl methyl sites for hydroxylation is 1. The minimum atomic E-state index is -0.425. The molecular formula is C16H19N3O3S. The van der Waals surface area contributed by atoms with Gasteiger partial charge in [-0.05, 0) is 32.9 Å². The van der Waals surface area contributed by atoms with E-state index in [0.717, 1.165) is 10.6 Å². The summed E-state index contributed by atoms with van der Waals surface area (Å²) >= 11 is 1.30. The molecule has 0 bridgehead atoms. The Labute approximate surface area is 139 Å². The highest BCUT2D eigenvalue weighted by molar-refractivity contribution is 7.17. The molecule has 2 heterocycles. The molecule has 0 radical (unpaired) electrons. The second-order valence-corrected chi connectivity index (χ2v) is 6.37. The molecule has 2 aromatic heterocycles. The monoisotopic (exact) mass is 333 g/mol. The zero-order chi connectivity index (χ0) is 17.0. The van der Waals surface area contributed by atoms with Crippen molar-refractivity contribution in [1.29, 1.82) is 0 Å². The highest BCUT2D eigenvalue weighted by Crippen LogP contribution is 2.28. The van der Waals surface area contributed by atoms with Crippen molar-refractivity contribution in [3.63, 3.8) is 0 Å². The van der Waals surface area contributed by atoms with Crippen LogP contribution in [0.1, 0.15) is 29.2 Å². The summed E-state index contributed by atoms with van der Waals surface area (Å²) in [6.07, 6.45) is 3.19. The number of hydrogen-bond acceptors (Lipinski definition) is 6. The molecule has 0 aliphatic carbocycles. The number of amides is 1. The molecule has 7 heteroatoms. The van der Waals surface area contributed by atoms with Crippen LogP contribution in [0.4, 0.5) is 0 Å². The van der Waals surface area contributed by atoms with Crippen LogP contribution in [0.15, 0.2) is 24.5 Å². The highest BCUT2D eigenvalue weighted by Gasteiger charge is 2.22. The van der Waals surface area contributed by atoms with E-state index in [0.29, 0.717) is 10.6 Å². The standard InChI is InChI=1S/C16H19N3O3S/c1-10(2)22-13(20)9-19(4)16(21)14-11(3)18-15(23-14)12-6-5-7-17-8-12/h5-8,10H,9H2,1-4H3. The van der Waals surface area contributed by atoms with Gasteiger partial charge in [0.05, 0.1) is 11.8 Å². The van der Waals surface area contributed by atoms with E-state index in [1.165, 1.54) is 16.2 Å². The van der Waals surface area contributed by atoms with Gasteiger partial charge in [0, 0.05) is 25.0 Å². The van der Waals surface area contributed by atoms with Crippen LogP contribution in [0.5, 0.6) is 0 Å². The summed E-state index contributed by atoms with van der Waals surface area (Å²) in [5, 5.41) is 0.733. The average Bonchev–Trinajstić information content (AvgIpc) is 2.88. The maximum atomic E-state index is 12.5. The van der Waals surface area contributed by atoms with Gasteiger partial charge in [-0.25, -0.2) is 4.98 Å². The molecule has 0 atom stereocenters. The Balaban J connectivity index is 2.13. The van der Waals surface area contributed by atoms with E-state index in [1.807, 2.05) is 12.1 Å². The van der Waals surface area contributed by atoms with Crippen LogP contribution in [0.25, 0.3) is 10.6 Å². The molecule has 0 aromatic carbocycles. The Morgan fingerprint density at radius 3 is 2.74 bits per heavy atom. The van der Waals surface area contributed by atoms with Crippen LogP contribution < -0.4 is 0 Å². The third-order valence-corrected chi connectivity index (χ3v) is 4.17. The van der Waals surface area contributed by atoms with E-state index < -0.39 is 5.97 Å². The average molecular weight is 333 g/mol. The van der Waals surface area contributed by atoms with Crippen LogP contribution in [-0.2, 0) is 9.53 Å². The Hall–Kier alpha value is -2.28. The maximum absolute atomic E-state index is 12.5. The van der Waals surface area contributed by atoms with Crippen molar-refractivity contribution in [1.82, 2.24) is 14.9 Å². The molecule has 6 nitrogen and oxygen atoms in total. The molecule has 0 aliphatic heterocycles. The molecule has 0 saturated heterocycles. The van der Waals surface area contributed by atoms with E-state index in [-0.39, 0.29) is 18.6 Å². The summed E-state index contributed by atoms with van der Waals surface area (Å²) in [5.74, 6) is -0.665. The second kappa shape index (κ2) is 7.32. The van der Waals surface area contributed by atoms with E-state index >= 15 is 0 Å². The fraction of sp³-hybridized carbons (Fsp3) is 0.375. The number of nitrogens with zero attached hydrogens (tertiary/aromatic N) is 3. The lowest BCUT2D eigenvalue weighted by Gasteiger charge is -2.16. The van der Waals surface area contributed by atoms with E-state index in [1.54, 1.807) is 40.2 Å². The molecule has 0 N–H and O–H groups in total. The fourth-order valence-electron chi connectivity index (χ4n) is 1.95. The number of thiazole rings is 1. The predicted molar refractivity (Wildman–Crippen MR) is 88.3 cm³/mol. The van der Waals surface area contributed by atoms with Crippen molar-refractivity contribution in [2.24, 2.45) is 0 Å². The third kappa shape index (κ3) is 4.35. The largest absolute Gasteiger partial charge is 0.462 e.